The molecule has 0 radical (unpaired) electrons. The van der Waals surface area contributed by atoms with Crippen LogP contribution in [0.25, 0.3) is 0 Å². The van der Waals surface area contributed by atoms with E-state index in [-0.39, 0.29) is 0 Å². The van der Waals surface area contributed by atoms with Crippen LogP contribution in [0.4, 0.5) is 0 Å². The number of aliphatic hydroxyl groups excluding tert-OH is 1. The van der Waals surface area contributed by atoms with Gasteiger partial charge in [0.05, 0.1) is 6.10 Å². The Morgan fingerprint density at radius 1 is 1.25 bits per heavy atom. The van der Waals surface area contributed by atoms with E-state index in [9.17, 15) is 5.11 Å². The van der Waals surface area contributed by atoms with Gasteiger partial charge in [0.1, 0.15) is 0 Å². The van der Waals surface area contributed by atoms with Crippen LogP contribution in [-0.4, -0.2) is 10.4 Å². The summed E-state index contributed by atoms with van der Waals surface area (Å²) in [6.45, 7) is 0. The molecule has 1 N–H and O–H groups in total. The van der Waals surface area contributed by atoms with Gasteiger partial charge in [-0.2, -0.15) is 0 Å². The fourth-order valence-corrected chi connectivity index (χ4v) is 1.83. The molecule has 66 valence electrons. The van der Waals surface area contributed by atoms with Crippen molar-refractivity contribution in [3.05, 3.63) is 32.7 Å². The molecule has 1 aromatic carbocycles. The van der Waals surface area contributed by atoms with Crippen molar-refractivity contribution in [1.82, 2.24) is 0 Å². The van der Waals surface area contributed by atoms with Gasteiger partial charge in [0.25, 0.3) is 0 Å². The van der Waals surface area contributed by atoms with Gasteiger partial charge in [-0.25, -0.2) is 0 Å². The normalized spacial score (nSPS) is 13.0. The highest BCUT2D eigenvalue weighted by Crippen LogP contribution is 2.26. The second-order valence-electron chi connectivity index (χ2n) is 2.34. The average molecular weight is 359 g/mol. The first-order valence-electron chi connectivity index (χ1n) is 3.34. The van der Waals surface area contributed by atoms with E-state index in [1.165, 1.54) is 0 Å². The molecule has 0 spiro atoms. The van der Waals surface area contributed by atoms with E-state index in [0.717, 1.165) is 14.5 Å². The summed E-state index contributed by atoms with van der Waals surface area (Å²) in [6.07, 6.45) is -0.436. The minimum atomic E-state index is -0.436. The third kappa shape index (κ3) is 2.55. The second-order valence-corrected chi connectivity index (χ2v) is 4.70. The van der Waals surface area contributed by atoms with Crippen LogP contribution < -0.4 is 0 Å². The summed E-state index contributed by atoms with van der Waals surface area (Å²) in [5, 5.41) is 10.0. The van der Waals surface area contributed by atoms with Gasteiger partial charge in [-0.3, -0.25) is 0 Å². The van der Waals surface area contributed by atoms with Crippen molar-refractivity contribution in [1.29, 1.82) is 0 Å². The molecule has 0 heterocycles. The van der Waals surface area contributed by atoms with E-state index in [1.54, 1.807) is 0 Å². The Morgan fingerprint density at radius 2 is 1.92 bits per heavy atom. The maximum atomic E-state index is 9.46. The second kappa shape index (κ2) is 4.74. The maximum absolute atomic E-state index is 9.46. The molecule has 0 amide bonds. The Hall–Kier alpha value is 0.620. The molecule has 0 bridgehead atoms. The largest absolute Gasteiger partial charge is 0.388 e. The van der Waals surface area contributed by atoms with E-state index < -0.39 is 6.10 Å². The molecule has 1 rings (SSSR count). The van der Waals surface area contributed by atoms with E-state index in [1.807, 2.05) is 18.2 Å². The standard InChI is InChI=1S/C8H7Br3O/c9-4-8(12)5-1-2-6(10)7(11)3-5/h1-3,8,12H,4H2. The van der Waals surface area contributed by atoms with Crippen molar-refractivity contribution in [2.24, 2.45) is 0 Å². The van der Waals surface area contributed by atoms with Crippen molar-refractivity contribution >= 4 is 47.8 Å². The Labute approximate surface area is 96.6 Å². The molecular weight excluding hydrogens is 352 g/mol. The average Bonchev–Trinajstić information content (AvgIpc) is 2.08. The number of hydrogen-bond acceptors (Lipinski definition) is 1. The molecule has 0 aliphatic rings. The van der Waals surface area contributed by atoms with Crippen LogP contribution in [-0.2, 0) is 0 Å². The molecule has 0 saturated carbocycles. The lowest BCUT2D eigenvalue weighted by Gasteiger charge is -2.07. The highest BCUT2D eigenvalue weighted by molar-refractivity contribution is 9.13. The van der Waals surface area contributed by atoms with Gasteiger partial charge >= 0.3 is 0 Å². The van der Waals surface area contributed by atoms with Crippen molar-refractivity contribution in [3.63, 3.8) is 0 Å². The molecule has 0 aromatic heterocycles. The van der Waals surface area contributed by atoms with Gasteiger partial charge in [-0.05, 0) is 49.6 Å². The maximum Gasteiger partial charge on any atom is 0.0887 e. The third-order valence-corrected chi connectivity index (χ3v) is 3.97. The van der Waals surface area contributed by atoms with Gasteiger partial charge < -0.3 is 5.11 Å². The smallest absolute Gasteiger partial charge is 0.0887 e. The number of aliphatic hydroxyl groups is 1. The lowest BCUT2D eigenvalue weighted by molar-refractivity contribution is 0.205. The lowest BCUT2D eigenvalue weighted by Crippen LogP contribution is -1.97. The van der Waals surface area contributed by atoms with Gasteiger partial charge in [0.2, 0.25) is 0 Å². The Morgan fingerprint density at radius 3 is 2.42 bits per heavy atom. The van der Waals surface area contributed by atoms with Crippen molar-refractivity contribution in [2.45, 2.75) is 6.10 Å². The molecule has 1 unspecified atom stereocenters. The molecule has 1 nitrogen and oxygen atoms in total. The minimum absolute atomic E-state index is 0.436. The van der Waals surface area contributed by atoms with Gasteiger partial charge in [0, 0.05) is 14.3 Å². The SMILES string of the molecule is OC(CBr)c1ccc(Br)c(Br)c1. The third-order valence-electron chi connectivity index (χ3n) is 1.47. The zero-order chi connectivity index (χ0) is 9.14. The summed E-state index contributed by atoms with van der Waals surface area (Å²) in [4.78, 5) is 0. The Kier molecular flexibility index (Phi) is 4.23. The predicted molar refractivity (Wildman–Crippen MR) is 60.6 cm³/mol. The first kappa shape index (κ1) is 10.7. The minimum Gasteiger partial charge on any atom is -0.388 e. The Balaban J connectivity index is 2.96. The van der Waals surface area contributed by atoms with Crippen LogP contribution in [0.15, 0.2) is 27.1 Å². The number of rotatable bonds is 2. The quantitative estimate of drug-likeness (QED) is 0.800. The topological polar surface area (TPSA) is 20.2 Å². The van der Waals surface area contributed by atoms with Crippen LogP contribution in [0.1, 0.15) is 11.7 Å². The zero-order valence-corrected chi connectivity index (χ0v) is 10.9. The summed E-state index contributed by atoms with van der Waals surface area (Å²) in [5.41, 5.74) is 0.905. The molecular formula is C8H7Br3O. The first-order valence-corrected chi connectivity index (χ1v) is 6.05. The van der Waals surface area contributed by atoms with Crippen LogP contribution in [0.5, 0.6) is 0 Å². The van der Waals surface area contributed by atoms with Gasteiger partial charge in [0.15, 0.2) is 0 Å². The van der Waals surface area contributed by atoms with Crippen molar-refractivity contribution in [2.75, 3.05) is 5.33 Å². The number of alkyl halides is 1. The van der Waals surface area contributed by atoms with Crippen LogP contribution >= 0.6 is 47.8 Å². The highest BCUT2D eigenvalue weighted by Gasteiger charge is 2.06. The molecule has 4 heteroatoms. The zero-order valence-electron chi connectivity index (χ0n) is 6.10. The van der Waals surface area contributed by atoms with Crippen LogP contribution in [0, 0.1) is 0 Å². The highest BCUT2D eigenvalue weighted by atomic mass is 79.9. The number of halogens is 3. The molecule has 0 aliphatic carbocycles. The van der Waals surface area contributed by atoms with Gasteiger partial charge in [-0.1, -0.05) is 22.0 Å². The molecule has 12 heavy (non-hydrogen) atoms. The summed E-state index contributed by atoms with van der Waals surface area (Å²) in [7, 11) is 0. The summed E-state index contributed by atoms with van der Waals surface area (Å²) >= 11 is 9.95. The monoisotopic (exact) mass is 356 g/mol. The molecule has 0 aliphatic heterocycles. The first-order chi connectivity index (χ1) is 5.65. The molecule has 0 fully saturated rings. The van der Waals surface area contributed by atoms with Crippen LogP contribution in [0.3, 0.4) is 0 Å². The van der Waals surface area contributed by atoms with E-state index in [2.05, 4.69) is 47.8 Å². The summed E-state index contributed by atoms with van der Waals surface area (Å²) in [6, 6.07) is 5.70. The van der Waals surface area contributed by atoms with Gasteiger partial charge in [-0.15, -0.1) is 0 Å². The fraction of sp³-hybridized carbons (Fsp3) is 0.250. The van der Waals surface area contributed by atoms with E-state index in [0.29, 0.717) is 5.33 Å². The molecule has 0 saturated heterocycles. The van der Waals surface area contributed by atoms with Crippen molar-refractivity contribution < 1.29 is 5.11 Å². The summed E-state index contributed by atoms with van der Waals surface area (Å²) < 4.78 is 1.95. The number of benzene rings is 1. The van der Waals surface area contributed by atoms with Crippen LogP contribution in [0.2, 0.25) is 0 Å². The number of hydrogen-bond donors (Lipinski definition) is 1. The molecule has 1 atom stereocenters. The Bertz CT molecular complexity index is 275. The fourth-order valence-electron chi connectivity index (χ4n) is 0.809. The van der Waals surface area contributed by atoms with Crippen molar-refractivity contribution in [3.8, 4) is 0 Å². The lowest BCUT2D eigenvalue weighted by atomic mass is 10.1. The van der Waals surface area contributed by atoms with E-state index >= 15 is 0 Å². The molecule has 1 aromatic rings. The summed E-state index contributed by atoms with van der Waals surface area (Å²) in [5.74, 6) is 0. The predicted octanol–water partition coefficient (Wildman–Crippen LogP) is 3.64. The van der Waals surface area contributed by atoms with E-state index in [4.69, 9.17) is 0 Å².